The fraction of sp³-hybridized carbons (Fsp3) is 0.917. The molecular formula is C12H23N3O3S. The van der Waals surface area contributed by atoms with Gasteiger partial charge in [-0.15, -0.1) is 0 Å². The normalized spacial score (nSPS) is 30.4. The lowest BCUT2D eigenvalue weighted by atomic mass is 10.2. The van der Waals surface area contributed by atoms with Crippen molar-refractivity contribution in [3.8, 4) is 0 Å². The van der Waals surface area contributed by atoms with Crippen LogP contribution in [0.2, 0.25) is 0 Å². The van der Waals surface area contributed by atoms with Gasteiger partial charge in [0, 0.05) is 18.6 Å². The molecule has 2 amide bonds. The fourth-order valence-corrected chi connectivity index (χ4v) is 4.57. The SMILES string of the molecule is CCN1CCCC1CNC(=O)NC1CCS(=O)(=O)C1. The highest BCUT2D eigenvalue weighted by atomic mass is 32.2. The summed E-state index contributed by atoms with van der Waals surface area (Å²) in [6.07, 6.45) is 2.83. The predicted molar refractivity (Wildman–Crippen MR) is 73.9 cm³/mol. The third-order valence-corrected chi connectivity index (χ3v) is 5.74. The van der Waals surface area contributed by atoms with Crippen molar-refractivity contribution in [1.29, 1.82) is 0 Å². The maximum Gasteiger partial charge on any atom is 0.315 e. The Kier molecular flexibility index (Phi) is 4.67. The van der Waals surface area contributed by atoms with E-state index in [0.717, 1.165) is 19.5 Å². The first-order valence-corrected chi connectivity index (χ1v) is 8.81. The Morgan fingerprint density at radius 2 is 2.16 bits per heavy atom. The van der Waals surface area contributed by atoms with Crippen molar-refractivity contribution < 1.29 is 13.2 Å². The van der Waals surface area contributed by atoms with Crippen molar-refractivity contribution in [1.82, 2.24) is 15.5 Å². The van der Waals surface area contributed by atoms with Crippen molar-refractivity contribution in [2.75, 3.05) is 31.1 Å². The standard InChI is InChI=1S/C12H23N3O3S/c1-2-15-6-3-4-11(15)8-13-12(16)14-10-5-7-19(17,18)9-10/h10-11H,2-9H2,1H3,(H2,13,14,16). The summed E-state index contributed by atoms with van der Waals surface area (Å²) in [5.41, 5.74) is 0. The first kappa shape index (κ1) is 14.6. The van der Waals surface area contributed by atoms with Crippen LogP contribution in [0.5, 0.6) is 0 Å². The first-order valence-electron chi connectivity index (χ1n) is 6.99. The predicted octanol–water partition coefficient (Wildman–Crippen LogP) is -0.0430. The van der Waals surface area contributed by atoms with E-state index >= 15 is 0 Å². The van der Waals surface area contributed by atoms with Gasteiger partial charge >= 0.3 is 6.03 Å². The van der Waals surface area contributed by atoms with Gasteiger partial charge in [-0.25, -0.2) is 13.2 Å². The summed E-state index contributed by atoms with van der Waals surface area (Å²) >= 11 is 0. The number of urea groups is 1. The number of likely N-dealkylation sites (tertiary alicyclic amines) is 1. The van der Waals surface area contributed by atoms with Crippen LogP contribution >= 0.6 is 0 Å². The molecule has 0 radical (unpaired) electrons. The van der Waals surface area contributed by atoms with Gasteiger partial charge in [-0.2, -0.15) is 0 Å². The van der Waals surface area contributed by atoms with E-state index in [4.69, 9.17) is 0 Å². The number of carbonyl (C=O) groups is 1. The number of hydrogen-bond donors (Lipinski definition) is 2. The largest absolute Gasteiger partial charge is 0.337 e. The zero-order valence-corrected chi connectivity index (χ0v) is 12.2. The molecule has 2 saturated heterocycles. The highest BCUT2D eigenvalue weighted by Gasteiger charge is 2.29. The number of rotatable bonds is 4. The van der Waals surface area contributed by atoms with Crippen LogP contribution < -0.4 is 10.6 Å². The third kappa shape index (κ3) is 4.07. The van der Waals surface area contributed by atoms with Gasteiger partial charge in [0.1, 0.15) is 0 Å². The topological polar surface area (TPSA) is 78.5 Å². The van der Waals surface area contributed by atoms with E-state index in [9.17, 15) is 13.2 Å². The zero-order chi connectivity index (χ0) is 13.9. The van der Waals surface area contributed by atoms with Crippen molar-refractivity contribution in [2.24, 2.45) is 0 Å². The van der Waals surface area contributed by atoms with E-state index in [1.54, 1.807) is 0 Å². The number of nitrogens with one attached hydrogen (secondary N) is 2. The molecule has 2 atom stereocenters. The number of sulfone groups is 1. The molecule has 0 aromatic heterocycles. The minimum absolute atomic E-state index is 0.0743. The maximum absolute atomic E-state index is 11.7. The third-order valence-electron chi connectivity index (χ3n) is 3.97. The monoisotopic (exact) mass is 289 g/mol. The summed E-state index contributed by atoms with van der Waals surface area (Å²) in [6, 6.07) is -0.0519. The number of nitrogens with zero attached hydrogens (tertiary/aromatic N) is 1. The molecule has 6 nitrogen and oxygen atoms in total. The van der Waals surface area contributed by atoms with Crippen LogP contribution in [0.3, 0.4) is 0 Å². The quantitative estimate of drug-likeness (QED) is 0.761. The number of hydrogen-bond acceptors (Lipinski definition) is 4. The Bertz CT molecular complexity index is 424. The van der Waals surface area contributed by atoms with Gasteiger partial charge in [-0.1, -0.05) is 6.92 Å². The Labute approximate surface area is 114 Å². The molecule has 2 aliphatic rings. The van der Waals surface area contributed by atoms with Gasteiger partial charge < -0.3 is 10.6 Å². The van der Waals surface area contributed by atoms with Gasteiger partial charge in [0.05, 0.1) is 11.5 Å². The van der Waals surface area contributed by atoms with Crippen LogP contribution in [0.1, 0.15) is 26.2 Å². The molecule has 7 heteroatoms. The van der Waals surface area contributed by atoms with E-state index in [1.165, 1.54) is 6.42 Å². The first-order chi connectivity index (χ1) is 9.00. The molecule has 2 N–H and O–H groups in total. The van der Waals surface area contributed by atoms with Crippen molar-refractivity contribution in [3.05, 3.63) is 0 Å². The zero-order valence-electron chi connectivity index (χ0n) is 11.4. The lowest BCUT2D eigenvalue weighted by molar-refractivity contribution is 0.226. The van der Waals surface area contributed by atoms with Gasteiger partial charge in [0.15, 0.2) is 9.84 Å². The Balaban J connectivity index is 1.70. The molecule has 0 aliphatic carbocycles. The number of carbonyl (C=O) groups excluding carboxylic acids is 1. The van der Waals surface area contributed by atoms with Gasteiger partial charge in [0.2, 0.25) is 0 Å². The molecule has 0 bridgehead atoms. The van der Waals surface area contributed by atoms with E-state index in [2.05, 4.69) is 22.5 Å². The Morgan fingerprint density at radius 1 is 1.37 bits per heavy atom. The fourth-order valence-electron chi connectivity index (χ4n) is 2.90. The molecule has 0 spiro atoms. The molecular weight excluding hydrogens is 266 g/mol. The van der Waals surface area contributed by atoms with Crippen LogP contribution in [0.25, 0.3) is 0 Å². The van der Waals surface area contributed by atoms with Crippen molar-refractivity contribution >= 4 is 15.9 Å². The molecule has 2 heterocycles. The average molecular weight is 289 g/mol. The van der Waals surface area contributed by atoms with Crippen LogP contribution in [0.15, 0.2) is 0 Å². The van der Waals surface area contributed by atoms with E-state index in [-0.39, 0.29) is 23.6 Å². The minimum atomic E-state index is -2.94. The smallest absolute Gasteiger partial charge is 0.315 e. The second-order valence-corrected chi connectivity index (χ2v) is 7.61. The van der Waals surface area contributed by atoms with Gasteiger partial charge in [-0.3, -0.25) is 4.90 Å². The lowest BCUT2D eigenvalue weighted by Gasteiger charge is -2.23. The molecule has 19 heavy (non-hydrogen) atoms. The highest BCUT2D eigenvalue weighted by Crippen LogP contribution is 2.15. The van der Waals surface area contributed by atoms with Crippen LogP contribution in [-0.4, -0.2) is 62.6 Å². The molecule has 0 aromatic carbocycles. The van der Waals surface area contributed by atoms with Crippen LogP contribution in [0, 0.1) is 0 Å². The molecule has 0 saturated carbocycles. The van der Waals surface area contributed by atoms with E-state index in [0.29, 0.717) is 19.0 Å². The molecule has 2 rings (SSSR count). The van der Waals surface area contributed by atoms with Crippen LogP contribution in [0.4, 0.5) is 4.79 Å². The molecule has 2 unspecified atom stereocenters. The lowest BCUT2D eigenvalue weighted by Crippen LogP contribution is -2.47. The summed E-state index contributed by atoms with van der Waals surface area (Å²) in [6.45, 7) is 4.88. The van der Waals surface area contributed by atoms with Crippen LogP contribution in [-0.2, 0) is 9.84 Å². The summed E-state index contributed by atoms with van der Waals surface area (Å²) < 4.78 is 22.6. The minimum Gasteiger partial charge on any atom is -0.337 e. The molecule has 0 aromatic rings. The summed E-state index contributed by atoms with van der Waals surface area (Å²) in [5.74, 6) is 0.259. The Morgan fingerprint density at radius 3 is 2.79 bits per heavy atom. The van der Waals surface area contributed by atoms with Crippen molar-refractivity contribution in [2.45, 2.75) is 38.3 Å². The summed E-state index contributed by atoms with van der Waals surface area (Å²) in [5, 5.41) is 5.60. The molecule has 110 valence electrons. The van der Waals surface area contributed by atoms with Gasteiger partial charge in [0.25, 0.3) is 0 Å². The highest BCUT2D eigenvalue weighted by molar-refractivity contribution is 7.91. The summed E-state index contributed by atoms with van der Waals surface area (Å²) in [4.78, 5) is 14.1. The van der Waals surface area contributed by atoms with Crippen molar-refractivity contribution in [3.63, 3.8) is 0 Å². The summed E-state index contributed by atoms with van der Waals surface area (Å²) in [7, 11) is -2.94. The van der Waals surface area contributed by atoms with E-state index < -0.39 is 9.84 Å². The molecule has 2 fully saturated rings. The van der Waals surface area contributed by atoms with E-state index in [1.807, 2.05) is 0 Å². The van der Waals surface area contributed by atoms with Gasteiger partial charge in [-0.05, 0) is 32.4 Å². The maximum atomic E-state index is 11.7. The number of likely N-dealkylation sites (N-methyl/N-ethyl adjacent to an activating group) is 1. The average Bonchev–Trinajstić information content (AvgIpc) is 2.92. The Hall–Kier alpha value is -0.820. The second-order valence-electron chi connectivity index (χ2n) is 5.38. The molecule has 2 aliphatic heterocycles. The number of amides is 2. The second kappa shape index (κ2) is 6.09.